The first-order chi connectivity index (χ1) is 15.6. The summed E-state index contributed by atoms with van der Waals surface area (Å²) in [5.41, 5.74) is 5.45. The van der Waals surface area contributed by atoms with Gasteiger partial charge in [-0.05, 0) is 60.6 Å². The van der Waals surface area contributed by atoms with Crippen LogP contribution in [0.5, 0.6) is 0 Å². The third-order valence-corrected chi connectivity index (χ3v) is 7.35. The summed E-state index contributed by atoms with van der Waals surface area (Å²) in [5, 5.41) is 2.95. The van der Waals surface area contributed by atoms with E-state index in [9.17, 15) is 9.59 Å². The molecule has 7 nitrogen and oxygen atoms in total. The molecule has 2 aromatic rings. The molecule has 0 radical (unpaired) electrons. The quantitative estimate of drug-likeness (QED) is 0.707. The zero-order valence-corrected chi connectivity index (χ0v) is 18.1. The number of cyclic esters (lactones) is 1. The molecule has 1 aromatic carbocycles. The number of fused-ring (bicyclic) bond motifs is 2. The van der Waals surface area contributed by atoms with Crippen LogP contribution in [0.2, 0.25) is 0 Å². The summed E-state index contributed by atoms with van der Waals surface area (Å²) >= 11 is 0. The molecule has 1 saturated carbocycles. The summed E-state index contributed by atoms with van der Waals surface area (Å²) in [7, 11) is 0. The number of ether oxygens (including phenoxy) is 1. The number of H-pyrrole nitrogens is 1. The number of hydrogen-bond acceptors (Lipinski definition) is 4. The van der Waals surface area contributed by atoms with Gasteiger partial charge in [-0.3, -0.25) is 9.69 Å². The summed E-state index contributed by atoms with van der Waals surface area (Å²) in [5.74, 6) is 1.69. The second kappa shape index (κ2) is 7.81. The Bertz CT molecular complexity index is 1090. The van der Waals surface area contributed by atoms with Gasteiger partial charge in [0.25, 0.3) is 5.91 Å². The molecule has 6 rings (SSSR count). The molecule has 2 atom stereocenters. The number of amides is 2. The van der Waals surface area contributed by atoms with Crippen molar-refractivity contribution in [3.05, 3.63) is 52.8 Å². The van der Waals surface area contributed by atoms with Crippen molar-refractivity contribution in [3.8, 4) is 0 Å². The van der Waals surface area contributed by atoms with Crippen LogP contribution in [0.1, 0.15) is 41.8 Å². The van der Waals surface area contributed by atoms with E-state index in [2.05, 4.69) is 27.3 Å². The Morgan fingerprint density at radius 2 is 1.91 bits per heavy atom. The normalized spacial score (nSPS) is 26.0. The van der Waals surface area contributed by atoms with Crippen LogP contribution in [-0.4, -0.2) is 53.0 Å². The minimum Gasteiger partial charge on any atom is -0.448 e. The van der Waals surface area contributed by atoms with Crippen molar-refractivity contribution < 1.29 is 14.3 Å². The molecule has 32 heavy (non-hydrogen) atoms. The van der Waals surface area contributed by atoms with Crippen molar-refractivity contribution in [3.63, 3.8) is 0 Å². The predicted molar refractivity (Wildman–Crippen MR) is 122 cm³/mol. The van der Waals surface area contributed by atoms with Crippen LogP contribution in [0, 0.1) is 11.8 Å². The predicted octanol–water partition coefficient (Wildman–Crippen LogP) is 3.69. The molecular weight excluding hydrogens is 404 g/mol. The van der Waals surface area contributed by atoms with E-state index >= 15 is 0 Å². The van der Waals surface area contributed by atoms with Gasteiger partial charge in [-0.25, -0.2) is 4.79 Å². The van der Waals surface area contributed by atoms with E-state index in [4.69, 9.17) is 4.74 Å². The first-order valence-electron chi connectivity index (χ1n) is 11.6. The van der Waals surface area contributed by atoms with Gasteiger partial charge < -0.3 is 19.9 Å². The SMILES string of the molecule is O=C1Nc2ccc(CN3CCOC3=O)cc2/C1=C\c1ccc(CN2C[C@H]3CCC[C@H]3C2)[nH]1. The molecule has 1 aliphatic carbocycles. The van der Waals surface area contributed by atoms with Crippen LogP contribution in [0.25, 0.3) is 11.6 Å². The molecular formula is C25H28N4O3. The van der Waals surface area contributed by atoms with Gasteiger partial charge in [0.15, 0.2) is 0 Å². The van der Waals surface area contributed by atoms with Gasteiger partial charge in [0, 0.05) is 48.8 Å². The van der Waals surface area contributed by atoms with Gasteiger partial charge >= 0.3 is 6.09 Å². The van der Waals surface area contributed by atoms with Crippen molar-refractivity contribution in [1.82, 2.24) is 14.8 Å². The van der Waals surface area contributed by atoms with Crippen LogP contribution in [-0.2, 0) is 22.6 Å². The number of aromatic nitrogens is 1. The topological polar surface area (TPSA) is 77.7 Å². The minimum absolute atomic E-state index is 0.0961. The van der Waals surface area contributed by atoms with Crippen molar-refractivity contribution >= 4 is 29.3 Å². The van der Waals surface area contributed by atoms with Crippen molar-refractivity contribution in [1.29, 1.82) is 0 Å². The summed E-state index contributed by atoms with van der Waals surface area (Å²) in [6, 6.07) is 10.0. The van der Waals surface area contributed by atoms with Gasteiger partial charge in [-0.1, -0.05) is 12.5 Å². The lowest BCUT2D eigenvalue weighted by atomic mass is 10.0. The smallest absolute Gasteiger partial charge is 0.410 e. The lowest BCUT2D eigenvalue weighted by Crippen LogP contribution is -2.23. The molecule has 4 heterocycles. The van der Waals surface area contributed by atoms with Gasteiger partial charge in [-0.15, -0.1) is 0 Å². The average molecular weight is 433 g/mol. The summed E-state index contributed by atoms with van der Waals surface area (Å²) < 4.78 is 5.02. The standard InChI is InChI=1S/C25H28N4O3/c30-24-22(21-10-16(4-7-23(21)27-24)12-29-8-9-32-25(29)31)11-19-5-6-20(26-19)15-28-13-17-2-1-3-18(17)14-28/h4-7,10-11,17-18,26H,1-3,8-9,12-15H2,(H,27,30)/b22-11+/t17-,18+. The molecule has 0 bridgehead atoms. The molecule has 2 amide bonds. The number of anilines is 1. The summed E-state index contributed by atoms with van der Waals surface area (Å²) in [6.45, 7) is 4.88. The number of rotatable bonds is 5. The largest absolute Gasteiger partial charge is 0.448 e. The number of nitrogens with one attached hydrogen (secondary N) is 2. The number of hydrogen-bond donors (Lipinski definition) is 2. The number of aromatic amines is 1. The highest BCUT2D eigenvalue weighted by atomic mass is 16.6. The second-order valence-electron chi connectivity index (χ2n) is 9.51. The lowest BCUT2D eigenvalue weighted by molar-refractivity contribution is -0.110. The monoisotopic (exact) mass is 432 g/mol. The highest BCUT2D eigenvalue weighted by molar-refractivity contribution is 6.34. The van der Waals surface area contributed by atoms with Crippen LogP contribution in [0.15, 0.2) is 30.3 Å². The Morgan fingerprint density at radius 1 is 1.06 bits per heavy atom. The maximum atomic E-state index is 12.7. The lowest BCUT2D eigenvalue weighted by Gasteiger charge is -2.15. The Hall–Kier alpha value is -3.06. The molecule has 3 aliphatic heterocycles. The molecule has 166 valence electrons. The van der Waals surface area contributed by atoms with Crippen LogP contribution < -0.4 is 5.32 Å². The minimum atomic E-state index is -0.281. The van der Waals surface area contributed by atoms with E-state index in [1.54, 1.807) is 4.90 Å². The fraction of sp³-hybridized carbons (Fsp3) is 0.440. The number of benzene rings is 1. The maximum absolute atomic E-state index is 12.7. The van der Waals surface area contributed by atoms with Crippen molar-refractivity contribution in [2.45, 2.75) is 32.4 Å². The Morgan fingerprint density at radius 3 is 2.69 bits per heavy atom. The van der Waals surface area contributed by atoms with E-state index in [0.29, 0.717) is 25.3 Å². The molecule has 2 N–H and O–H groups in total. The second-order valence-corrected chi connectivity index (χ2v) is 9.51. The fourth-order valence-corrected chi connectivity index (χ4v) is 5.76. The Labute approximate surface area is 187 Å². The molecule has 7 heteroatoms. The van der Waals surface area contributed by atoms with E-state index < -0.39 is 0 Å². The third-order valence-electron chi connectivity index (χ3n) is 7.35. The maximum Gasteiger partial charge on any atom is 0.410 e. The van der Waals surface area contributed by atoms with Crippen molar-refractivity contribution in [2.75, 3.05) is 31.6 Å². The molecule has 0 unspecified atom stereocenters. The number of nitrogens with zero attached hydrogens (tertiary/aromatic N) is 2. The van der Waals surface area contributed by atoms with Crippen LogP contribution in [0.4, 0.5) is 10.5 Å². The summed E-state index contributed by atoms with van der Waals surface area (Å²) in [4.78, 5) is 32.2. The highest BCUT2D eigenvalue weighted by Crippen LogP contribution is 2.38. The summed E-state index contributed by atoms with van der Waals surface area (Å²) in [6.07, 6.45) is 5.82. The van der Waals surface area contributed by atoms with E-state index in [1.807, 2.05) is 24.3 Å². The zero-order chi connectivity index (χ0) is 21.7. The van der Waals surface area contributed by atoms with Gasteiger partial charge in [0.2, 0.25) is 0 Å². The third kappa shape index (κ3) is 3.60. The Kier molecular flexibility index (Phi) is 4.79. The zero-order valence-electron chi connectivity index (χ0n) is 18.1. The first-order valence-corrected chi connectivity index (χ1v) is 11.6. The molecule has 0 spiro atoms. The molecule has 2 saturated heterocycles. The molecule has 4 aliphatic rings. The van der Waals surface area contributed by atoms with E-state index in [1.165, 1.54) is 38.0 Å². The highest BCUT2D eigenvalue weighted by Gasteiger charge is 2.36. The van der Waals surface area contributed by atoms with E-state index in [0.717, 1.165) is 40.9 Å². The van der Waals surface area contributed by atoms with Crippen LogP contribution in [0.3, 0.4) is 0 Å². The number of likely N-dealkylation sites (tertiary alicyclic amines) is 1. The molecule has 1 aromatic heterocycles. The van der Waals surface area contributed by atoms with Gasteiger partial charge in [-0.2, -0.15) is 0 Å². The fourth-order valence-electron chi connectivity index (χ4n) is 5.76. The number of carbonyl (C=O) groups is 2. The molecule has 3 fully saturated rings. The Balaban J connectivity index is 1.19. The van der Waals surface area contributed by atoms with Crippen molar-refractivity contribution in [2.24, 2.45) is 11.8 Å². The van der Waals surface area contributed by atoms with Gasteiger partial charge in [0.1, 0.15) is 6.61 Å². The average Bonchev–Trinajstić information content (AvgIpc) is 3.57. The number of carbonyl (C=O) groups excluding carboxylic acids is 2. The van der Waals surface area contributed by atoms with Crippen LogP contribution >= 0.6 is 0 Å². The van der Waals surface area contributed by atoms with Gasteiger partial charge in [0.05, 0.1) is 12.1 Å². The van der Waals surface area contributed by atoms with E-state index in [-0.39, 0.29) is 12.0 Å². The first kappa shape index (κ1) is 19.6.